The third kappa shape index (κ3) is 0.657. The Morgan fingerprint density at radius 3 is 3.30 bits per heavy atom. The topological polar surface area (TPSA) is 45.7 Å². The summed E-state index contributed by atoms with van der Waals surface area (Å²) in [5.41, 5.74) is 0.643. The second kappa shape index (κ2) is 1.91. The molecule has 0 saturated heterocycles. The van der Waals surface area contributed by atoms with E-state index in [0.29, 0.717) is 10.7 Å². The summed E-state index contributed by atoms with van der Waals surface area (Å²) in [6.45, 7) is 0. The van der Waals surface area contributed by atoms with Crippen molar-refractivity contribution < 1.29 is 4.52 Å². The Bertz CT molecular complexity index is 355. The van der Waals surface area contributed by atoms with Gasteiger partial charge in [0.2, 0.25) is 0 Å². The molecule has 0 atom stereocenters. The molecule has 2 aromatic rings. The average molecular weight is 156 g/mol. The van der Waals surface area contributed by atoms with Gasteiger partial charge < -0.3 is 0 Å². The van der Waals surface area contributed by atoms with Crippen molar-refractivity contribution in [3.05, 3.63) is 23.4 Å². The SMILES string of the molecule is Clc1ccc[n+]2[nH]nnc12. The number of aromatic amines is 1. The molecular weight excluding hydrogens is 152 g/mol. The Morgan fingerprint density at radius 1 is 1.60 bits per heavy atom. The maximum absolute atomic E-state index is 5.76. The van der Waals surface area contributed by atoms with Gasteiger partial charge in [-0.1, -0.05) is 16.8 Å². The minimum Gasteiger partial charge on any atom is -0.130 e. The molecule has 50 valence electrons. The number of tetrazole rings is 1. The van der Waals surface area contributed by atoms with Gasteiger partial charge in [-0.3, -0.25) is 0 Å². The van der Waals surface area contributed by atoms with Crippen molar-refractivity contribution in [3.8, 4) is 0 Å². The molecule has 0 unspecified atom stereocenters. The number of aromatic nitrogens is 4. The molecule has 2 aromatic heterocycles. The first kappa shape index (κ1) is 5.61. The first-order valence-electron chi connectivity index (χ1n) is 2.75. The van der Waals surface area contributed by atoms with E-state index in [1.54, 1.807) is 16.8 Å². The van der Waals surface area contributed by atoms with Crippen LogP contribution in [-0.4, -0.2) is 15.5 Å². The maximum atomic E-state index is 5.76. The van der Waals surface area contributed by atoms with E-state index in [0.717, 1.165) is 0 Å². The van der Waals surface area contributed by atoms with Gasteiger partial charge in [-0.15, -0.1) is 4.52 Å². The van der Waals surface area contributed by atoms with Gasteiger partial charge in [-0.25, -0.2) is 0 Å². The van der Waals surface area contributed by atoms with Crippen LogP contribution in [0.15, 0.2) is 18.3 Å². The lowest BCUT2D eigenvalue weighted by atomic mass is 10.5. The fourth-order valence-electron chi connectivity index (χ4n) is 0.768. The van der Waals surface area contributed by atoms with Crippen molar-refractivity contribution in [2.75, 3.05) is 0 Å². The molecule has 0 fully saturated rings. The van der Waals surface area contributed by atoms with Gasteiger partial charge in [0, 0.05) is 0 Å². The summed E-state index contributed by atoms with van der Waals surface area (Å²) in [4.78, 5) is 0. The van der Waals surface area contributed by atoms with Crippen LogP contribution in [0, 0.1) is 0 Å². The van der Waals surface area contributed by atoms with E-state index in [1.165, 1.54) is 0 Å². The third-order valence-electron chi connectivity index (χ3n) is 1.22. The molecule has 0 spiro atoms. The van der Waals surface area contributed by atoms with E-state index in [-0.39, 0.29) is 0 Å². The van der Waals surface area contributed by atoms with Crippen LogP contribution in [-0.2, 0) is 0 Å². The first-order chi connectivity index (χ1) is 4.88. The molecule has 0 aliphatic heterocycles. The Kier molecular flexibility index (Phi) is 1.07. The van der Waals surface area contributed by atoms with E-state index in [2.05, 4.69) is 15.5 Å². The molecule has 0 aliphatic carbocycles. The second-order valence-electron chi connectivity index (χ2n) is 1.85. The van der Waals surface area contributed by atoms with E-state index < -0.39 is 0 Å². The third-order valence-corrected chi connectivity index (χ3v) is 1.51. The highest BCUT2D eigenvalue weighted by atomic mass is 35.5. The van der Waals surface area contributed by atoms with E-state index in [1.807, 2.05) is 6.07 Å². The van der Waals surface area contributed by atoms with Gasteiger partial charge in [-0.05, 0) is 12.1 Å². The molecule has 1 N–H and O–H groups in total. The fraction of sp³-hybridized carbons (Fsp3) is 0. The Morgan fingerprint density at radius 2 is 2.50 bits per heavy atom. The summed E-state index contributed by atoms with van der Waals surface area (Å²) in [5.74, 6) is 0. The first-order valence-corrected chi connectivity index (χ1v) is 3.12. The molecule has 10 heavy (non-hydrogen) atoms. The summed E-state index contributed by atoms with van der Waals surface area (Å²) in [6.07, 6.45) is 1.79. The number of rotatable bonds is 0. The number of H-pyrrole nitrogens is 1. The predicted molar refractivity (Wildman–Crippen MR) is 34.6 cm³/mol. The highest BCUT2D eigenvalue weighted by Crippen LogP contribution is 2.07. The molecular formula is C5H4ClN4+. The number of hydrogen-bond acceptors (Lipinski definition) is 2. The quantitative estimate of drug-likeness (QED) is 0.553. The van der Waals surface area contributed by atoms with Gasteiger partial charge in [-0.2, -0.15) is 0 Å². The fourth-order valence-corrected chi connectivity index (χ4v) is 0.970. The largest absolute Gasteiger partial charge is 0.347 e. The smallest absolute Gasteiger partial charge is 0.130 e. The number of halogens is 1. The lowest BCUT2D eigenvalue weighted by Gasteiger charge is -1.82. The molecule has 0 radical (unpaired) electrons. The number of nitrogens with one attached hydrogen (secondary N) is 1. The Hall–Kier alpha value is -1.16. The van der Waals surface area contributed by atoms with E-state index in [4.69, 9.17) is 11.6 Å². The highest BCUT2D eigenvalue weighted by molar-refractivity contribution is 6.33. The highest BCUT2D eigenvalue weighted by Gasteiger charge is 2.07. The van der Waals surface area contributed by atoms with Gasteiger partial charge in [0.25, 0.3) is 0 Å². The molecule has 0 saturated carbocycles. The van der Waals surface area contributed by atoms with Gasteiger partial charge >= 0.3 is 5.65 Å². The van der Waals surface area contributed by atoms with Gasteiger partial charge in [0.1, 0.15) is 10.1 Å². The van der Waals surface area contributed by atoms with Crippen LogP contribution in [0.4, 0.5) is 0 Å². The van der Waals surface area contributed by atoms with Crippen LogP contribution in [0.25, 0.3) is 5.65 Å². The van der Waals surface area contributed by atoms with Crippen LogP contribution in [0.3, 0.4) is 0 Å². The van der Waals surface area contributed by atoms with Crippen molar-refractivity contribution >= 4 is 17.2 Å². The normalized spacial score (nSPS) is 10.5. The lowest BCUT2D eigenvalue weighted by Crippen LogP contribution is -2.22. The molecule has 5 heteroatoms. The summed E-state index contributed by atoms with van der Waals surface area (Å²) in [6, 6.07) is 3.58. The monoisotopic (exact) mass is 155 g/mol. The lowest BCUT2D eigenvalue weighted by molar-refractivity contribution is -0.582. The molecule has 0 aliphatic rings. The standard InChI is InChI=1S/C5H3ClN4/c6-4-2-1-3-10-5(4)7-8-9-10/h1-3H/p+1. The number of hydrogen-bond donors (Lipinski definition) is 1. The Balaban J connectivity index is 2.95. The zero-order valence-corrected chi connectivity index (χ0v) is 5.71. The van der Waals surface area contributed by atoms with E-state index in [9.17, 15) is 0 Å². The molecule has 4 nitrogen and oxygen atoms in total. The summed E-state index contributed by atoms with van der Waals surface area (Å²) >= 11 is 5.76. The number of fused-ring (bicyclic) bond motifs is 1. The van der Waals surface area contributed by atoms with Crippen molar-refractivity contribution in [1.29, 1.82) is 0 Å². The van der Waals surface area contributed by atoms with Crippen LogP contribution in [0.1, 0.15) is 0 Å². The van der Waals surface area contributed by atoms with Crippen LogP contribution in [0.5, 0.6) is 0 Å². The van der Waals surface area contributed by atoms with Crippen molar-refractivity contribution in [2.24, 2.45) is 0 Å². The molecule has 2 rings (SSSR count). The zero-order valence-electron chi connectivity index (χ0n) is 4.95. The summed E-state index contributed by atoms with van der Waals surface area (Å²) in [5, 5.41) is 10.5. The molecule has 0 aromatic carbocycles. The summed E-state index contributed by atoms with van der Waals surface area (Å²) in [7, 11) is 0. The zero-order chi connectivity index (χ0) is 6.97. The number of nitrogens with zero attached hydrogens (tertiary/aromatic N) is 3. The minimum absolute atomic E-state index is 0.594. The number of pyridine rings is 1. The Labute approximate surface area is 61.4 Å². The van der Waals surface area contributed by atoms with Gasteiger partial charge in [0.15, 0.2) is 5.21 Å². The molecule has 0 amide bonds. The van der Waals surface area contributed by atoms with Crippen molar-refractivity contribution in [1.82, 2.24) is 15.5 Å². The molecule has 0 bridgehead atoms. The van der Waals surface area contributed by atoms with Crippen LogP contribution >= 0.6 is 11.6 Å². The predicted octanol–water partition coefficient (Wildman–Crippen LogP) is 0.197. The van der Waals surface area contributed by atoms with Gasteiger partial charge in [0.05, 0.1) is 6.20 Å². The second-order valence-corrected chi connectivity index (χ2v) is 2.26. The average Bonchev–Trinajstić information content (AvgIpc) is 2.36. The van der Waals surface area contributed by atoms with Crippen LogP contribution in [0.2, 0.25) is 5.02 Å². The molecule has 2 heterocycles. The van der Waals surface area contributed by atoms with Crippen molar-refractivity contribution in [3.63, 3.8) is 0 Å². The maximum Gasteiger partial charge on any atom is 0.347 e. The van der Waals surface area contributed by atoms with Crippen LogP contribution < -0.4 is 4.52 Å². The summed E-state index contributed by atoms with van der Waals surface area (Å²) < 4.78 is 1.64. The van der Waals surface area contributed by atoms with Crippen molar-refractivity contribution in [2.45, 2.75) is 0 Å². The van der Waals surface area contributed by atoms with E-state index >= 15 is 0 Å². The minimum atomic E-state index is 0.594.